The molecule has 0 amide bonds. The first kappa shape index (κ1) is 33.8. The van der Waals surface area contributed by atoms with Gasteiger partial charge in [-0.3, -0.25) is 9.59 Å². The summed E-state index contributed by atoms with van der Waals surface area (Å²) in [5, 5.41) is 46.2. The van der Waals surface area contributed by atoms with E-state index in [4.69, 9.17) is 0 Å². The first-order valence-corrected chi connectivity index (χ1v) is 17.1. The second-order valence-electron chi connectivity index (χ2n) is 16.6. The minimum Gasteiger partial charge on any atom is -0.478 e. The van der Waals surface area contributed by atoms with Gasteiger partial charge in [0.15, 0.2) is 5.78 Å². The number of carbonyl (C=O) groups excluding carboxylic acids is 2. The molecule has 0 saturated heterocycles. The Labute approximate surface area is 278 Å². The van der Waals surface area contributed by atoms with E-state index in [0.717, 1.165) is 5.56 Å². The van der Waals surface area contributed by atoms with Crippen molar-refractivity contribution in [3.63, 3.8) is 0 Å². The SMILES string of the molecule is CC(=CC(O)CC(C)C1CC2(O)C=CC3(O)C4=C(C(=O)CC1(C)C42C)C1(C)CCC(=O)C(C)(C)C1C3C=Cc1ccccc1)C(=O)O. The number of allylic oxidation sites excluding steroid dienone is 1. The van der Waals surface area contributed by atoms with Crippen LogP contribution in [0.4, 0.5) is 0 Å². The maximum atomic E-state index is 14.8. The first-order chi connectivity index (χ1) is 21.8. The van der Waals surface area contributed by atoms with Crippen LogP contribution in [0.5, 0.6) is 0 Å². The molecule has 7 nitrogen and oxygen atoms in total. The molecular weight excluding hydrogens is 592 g/mol. The normalized spacial score (nSPS) is 41.9. The lowest BCUT2D eigenvalue weighted by Crippen LogP contribution is -2.69. The molecular formula is C40H50O7. The Balaban J connectivity index is 1.55. The number of aliphatic hydroxyl groups is 3. The minimum absolute atomic E-state index is 0.0412. The van der Waals surface area contributed by atoms with E-state index in [1.165, 1.54) is 13.0 Å². The summed E-state index contributed by atoms with van der Waals surface area (Å²) in [5.74, 6) is -2.33. The van der Waals surface area contributed by atoms with Crippen LogP contribution >= 0.6 is 0 Å². The molecule has 10 unspecified atom stereocenters. The van der Waals surface area contributed by atoms with Crippen LogP contribution in [0.3, 0.4) is 0 Å². The van der Waals surface area contributed by atoms with Crippen LogP contribution in [0.2, 0.25) is 0 Å². The van der Waals surface area contributed by atoms with Crippen LogP contribution in [-0.2, 0) is 14.4 Å². The standard InChI is InChI=1S/C40H50O7/c1-23(19-26(41)20-24(2)34(44)45)28-21-39(46)17-18-40(47)27(14-13-25-11-9-8-10-12-25)32-35(3,4)30(43)15-16-36(32,5)31-29(42)22-37(28,6)38(39,7)33(31)40/h8-14,17-18,20,23,26-28,32,41,46-47H,15-16,19,21-22H2,1-7H3,(H,44,45). The summed E-state index contributed by atoms with van der Waals surface area (Å²) >= 11 is 0. The zero-order valence-electron chi connectivity index (χ0n) is 28.7. The number of aliphatic carboxylic acids is 1. The molecule has 0 aliphatic heterocycles. The van der Waals surface area contributed by atoms with E-state index >= 15 is 0 Å². The fourth-order valence-electron chi connectivity index (χ4n) is 11.4. The molecule has 0 heterocycles. The Morgan fingerprint density at radius 1 is 1.04 bits per heavy atom. The second-order valence-corrected chi connectivity index (χ2v) is 16.6. The van der Waals surface area contributed by atoms with Crippen molar-refractivity contribution >= 4 is 23.6 Å². The van der Waals surface area contributed by atoms with Gasteiger partial charge in [0.05, 0.1) is 11.7 Å². The predicted octanol–water partition coefficient (Wildman–Crippen LogP) is 6.09. The number of aliphatic hydroxyl groups excluding tert-OH is 1. The van der Waals surface area contributed by atoms with Crippen molar-refractivity contribution < 1.29 is 34.8 Å². The summed E-state index contributed by atoms with van der Waals surface area (Å²) in [6, 6.07) is 9.84. The molecule has 252 valence electrons. The average molecular weight is 643 g/mol. The topological polar surface area (TPSA) is 132 Å². The Bertz CT molecular complexity index is 1650. The zero-order valence-corrected chi connectivity index (χ0v) is 28.7. The number of hydrogen-bond acceptors (Lipinski definition) is 6. The molecule has 7 heteroatoms. The number of carboxylic acids is 1. The molecule has 47 heavy (non-hydrogen) atoms. The fourth-order valence-corrected chi connectivity index (χ4v) is 11.4. The van der Waals surface area contributed by atoms with E-state index in [2.05, 4.69) is 13.8 Å². The van der Waals surface area contributed by atoms with Gasteiger partial charge in [-0.15, -0.1) is 0 Å². The molecule has 0 spiro atoms. The van der Waals surface area contributed by atoms with Gasteiger partial charge in [0.25, 0.3) is 0 Å². The molecule has 2 saturated carbocycles. The van der Waals surface area contributed by atoms with Gasteiger partial charge >= 0.3 is 5.97 Å². The van der Waals surface area contributed by atoms with Crippen LogP contribution in [-0.4, -0.2) is 55.3 Å². The number of rotatable bonds is 7. The van der Waals surface area contributed by atoms with Gasteiger partial charge in [-0.25, -0.2) is 4.79 Å². The fraction of sp³-hybridized carbons (Fsp3) is 0.575. The summed E-state index contributed by atoms with van der Waals surface area (Å²) in [4.78, 5) is 39.8. The number of fused-ring (bicyclic) bond motifs is 2. The van der Waals surface area contributed by atoms with E-state index in [1.807, 2.05) is 70.2 Å². The van der Waals surface area contributed by atoms with Crippen molar-refractivity contribution in [2.75, 3.05) is 0 Å². The van der Waals surface area contributed by atoms with E-state index in [-0.39, 0.29) is 47.7 Å². The van der Waals surface area contributed by atoms with Crippen molar-refractivity contribution in [3.8, 4) is 0 Å². The summed E-state index contributed by atoms with van der Waals surface area (Å²) in [7, 11) is 0. The summed E-state index contributed by atoms with van der Waals surface area (Å²) in [5.41, 5.74) is -4.13. The Kier molecular flexibility index (Phi) is 7.67. The smallest absolute Gasteiger partial charge is 0.331 e. The highest BCUT2D eigenvalue weighted by atomic mass is 16.4. The summed E-state index contributed by atoms with van der Waals surface area (Å²) < 4.78 is 0. The Morgan fingerprint density at radius 3 is 2.34 bits per heavy atom. The van der Waals surface area contributed by atoms with Crippen LogP contribution in [0.1, 0.15) is 86.1 Å². The Morgan fingerprint density at radius 2 is 1.70 bits per heavy atom. The highest BCUT2D eigenvalue weighted by Gasteiger charge is 2.78. The molecule has 2 fully saturated rings. The van der Waals surface area contributed by atoms with Crippen LogP contribution in [0.25, 0.3) is 6.08 Å². The van der Waals surface area contributed by atoms with Crippen molar-refractivity contribution in [1.29, 1.82) is 0 Å². The molecule has 0 aromatic heterocycles. The second kappa shape index (κ2) is 10.7. The first-order valence-electron chi connectivity index (χ1n) is 17.1. The largest absolute Gasteiger partial charge is 0.478 e. The molecule has 4 N–H and O–H groups in total. The van der Waals surface area contributed by atoms with Gasteiger partial charge in [0, 0.05) is 46.2 Å². The third-order valence-electron chi connectivity index (χ3n) is 13.8. The number of hydrogen-bond donors (Lipinski definition) is 4. The number of benzene rings is 1. The summed E-state index contributed by atoms with van der Waals surface area (Å²) in [6.07, 6.45) is 9.44. The number of carbonyl (C=O) groups is 3. The van der Waals surface area contributed by atoms with Crippen molar-refractivity contribution in [3.05, 3.63) is 76.9 Å². The molecule has 1 aromatic carbocycles. The maximum absolute atomic E-state index is 14.8. The molecule has 6 rings (SSSR count). The molecule has 10 atom stereocenters. The molecule has 5 aliphatic rings. The van der Waals surface area contributed by atoms with E-state index in [1.54, 1.807) is 12.2 Å². The summed E-state index contributed by atoms with van der Waals surface area (Å²) in [6.45, 7) is 13.5. The average Bonchev–Trinajstić information content (AvgIpc) is 3.17. The highest BCUT2D eigenvalue weighted by Crippen LogP contribution is 2.78. The predicted molar refractivity (Wildman–Crippen MR) is 180 cm³/mol. The molecule has 5 aliphatic carbocycles. The maximum Gasteiger partial charge on any atom is 0.331 e. The highest BCUT2D eigenvalue weighted by molar-refractivity contribution is 6.02. The van der Waals surface area contributed by atoms with Crippen LogP contribution in [0, 0.1) is 45.3 Å². The van der Waals surface area contributed by atoms with Crippen LogP contribution < -0.4 is 0 Å². The Hall–Kier alpha value is -3.13. The van der Waals surface area contributed by atoms with Gasteiger partial charge < -0.3 is 20.4 Å². The molecule has 1 aromatic rings. The van der Waals surface area contributed by atoms with Gasteiger partial charge in [0.1, 0.15) is 11.4 Å². The third kappa shape index (κ3) is 4.45. The molecule has 0 radical (unpaired) electrons. The number of ketones is 2. The molecule has 0 bridgehead atoms. The van der Waals surface area contributed by atoms with E-state index < -0.39 is 50.9 Å². The van der Waals surface area contributed by atoms with Gasteiger partial charge in [-0.2, -0.15) is 0 Å². The lowest BCUT2D eigenvalue weighted by molar-refractivity contribution is -0.161. The zero-order chi connectivity index (χ0) is 34.5. The van der Waals surface area contributed by atoms with Crippen molar-refractivity contribution in [1.82, 2.24) is 0 Å². The lowest BCUT2D eigenvalue weighted by Gasteiger charge is -2.68. The van der Waals surface area contributed by atoms with Gasteiger partial charge in [0.2, 0.25) is 0 Å². The monoisotopic (exact) mass is 642 g/mol. The number of carboxylic acid groups (broad SMARTS) is 1. The van der Waals surface area contributed by atoms with Gasteiger partial charge in [-0.1, -0.05) is 90.1 Å². The minimum atomic E-state index is -1.63. The number of Topliss-reactive ketones (excluding diaryl/α,β-unsaturated/α-hetero) is 2. The van der Waals surface area contributed by atoms with Crippen molar-refractivity contribution in [2.24, 2.45) is 45.3 Å². The van der Waals surface area contributed by atoms with E-state index in [0.29, 0.717) is 30.4 Å². The quantitative estimate of drug-likeness (QED) is 0.209. The lowest BCUT2D eigenvalue weighted by atomic mass is 9.36. The van der Waals surface area contributed by atoms with Gasteiger partial charge in [-0.05, 0) is 72.6 Å². The van der Waals surface area contributed by atoms with Crippen LogP contribution in [0.15, 0.2) is 71.4 Å². The van der Waals surface area contributed by atoms with E-state index in [9.17, 15) is 34.8 Å². The van der Waals surface area contributed by atoms with Crippen molar-refractivity contribution in [2.45, 2.75) is 97.9 Å². The third-order valence-corrected chi connectivity index (χ3v) is 13.8.